The molecular weight excluding hydrogens is 350 g/mol. The molecule has 0 unspecified atom stereocenters. The number of benzene rings is 2. The lowest BCUT2D eigenvalue weighted by molar-refractivity contribution is 0.102. The van der Waals surface area contributed by atoms with Gasteiger partial charge in [0.15, 0.2) is 0 Å². The van der Waals surface area contributed by atoms with E-state index in [1.807, 2.05) is 24.3 Å². The Morgan fingerprint density at radius 2 is 1.88 bits per heavy atom. The molecule has 0 saturated heterocycles. The van der Waals surface area contributed by atoms with Gasteiger partial charge in [0, 0.05) is 17.6 Å². The summed E-state index contributed by atoms with van der Waals surface area (Å²) in [7, 11) is 0.00660. The minimum Gasteiger partial charge on any atom is -0.449 e. The molecule has 7 heteroatoms. The summed E-state index contributed by atoms with van der Waals surface area (Å²) < 4.78 is 12.9. The molecule has 2 aromatic carbocycles. The standard InChI is InChI=1S/C19H16BFN2O2S/c21-15-6-8-16(9-7-15)23-19(24)13-5-10-18(22-11-13)26-12-14-3-1-2-4-17(14)20-25/h1-11,20,25H,12H2,(H,23,24). The van der Waals surface area contributed by atoms with Gasteiger partial charge in [0.2, 0.25) is 0 Å². The second-order valence-corrected chi connectivity index (χ2v) is 6.56. The Balaban J connectivity index is 1.61. The van der Waals surface area contributed by atoms with Crippen LogP contribution in [-0.2, 0) is 5.75 Å². The fraction of sp³-hybridized carbons (Fsp3) is 0.0526. The second kappa shape index (κ2) is 8.64. The van der Waals surface area contributed by atoms with Gasteiger partial charge in [-0.05, 0) is 47.4 Å². The number of thioether (sulfide) groups is 1. The molecule has 0 atom stereocenters. The summed E-state index contributed by atoms with van der Waals surface area (Å²) in [6.07, 6.45) is 1.51. The Kier molecular flexibility index (Phi) is 6.04. The SMILES string of the molecule is O=C(Nc1ccc(F)cc1)c1ccc(SCc2ccccc2BO)nc1. The van der Waals surface area contributed by atoms with Gasteiger partial charge in [0.25, 0.3) is 5.91 Å². The number of hydrogen-bond donors (Lipinski definition) is 2. The minimum absolute atomic E-state index is 0.00660. The zero-order valence-electron chi connectivity index (χ0n) is 13.9. The van der Waals surface area contributed by atoms with E-state index in [4.69, 9.17) is 0 Å². The Morgan fingerprint density at radius 3 is 2.58 bits per heavy atom. The lowest BCUT2D eigenvalue weighted by atomic mass is 9.85. The summed E-state index contributed by atoms with van der Waals surface area (Å²) in [6.45, 7) is 0. The molecule has 1 heterocycles. The summed E-state index contributed by atoms with van der Waals surface area (Å²) in [4.78, 5) is 16.5. The average Bonchev–Trinajstić information content (AvgIpc) is 2.68. The molecule has 130 valence electrons. The van der Waals surface area contributed by atoms with Crippen LogP contribution < -0.4 is 10.8 Å². The zero-order chi connectivity index (χ0) is 18.4. The molecule has 3 aromatic rings. The molecule has 4 nitrogen and oxygen atoms in total. The van der Waals surface area contributed by atoms with Crippen molar-refractivity contribution < 1.29 is 14.2 Å². The maximum Gasteiger partial charge on any atom is 0.305 e. The van der Waals surface area contributed by atoms with E-state index in [-0.39, 0.29) is 19.2 Å². The Bertz CT molecular complexity index is 889. The molecule has 0 spiro atoms. The largest absolute Gasteiger partial charge is 0.449 e. The van der Waals surface area contributed by atoms with E-state index < -0.39 is 0 Å². The number of nitrogens with zero attached hydrogens (tertiary/aromatic N) is 1. The number of halogens is 1. The van der Waals surface area contributed by atoms with Crippen molar-refractivity contribution in [3.8, 4) is 0 Å². The number of carbonyl (C=O) groups excluding carboxylic acids is 1. The molecule has 3 rings (SSSR count). The zero-order valence-corrected chi connectivity index (χ0v) is 14.7. The third kappa shape index (κ3) is 4.71. The van der Waals surface area contributed by atoms with E-state index in [2.05, 4.69) is 10.3 Å². The number of carbonyl (C=O) groups is 1. The number of nitrogens with one attached hydrogen (secondary N) is 1. The van der Waals surface area contributed by atoms with Gasteiger partial charge in [0.05, 0.1) is 10.6 Å². The quantitative estimate of drug-likeness (QED) is 0.520. The van der Waals surface area contributed by atoms with Crippen molar-refractivity contribution in [2.45, 2.75) is 10.8 Å². The molecule has 2 N–H and O–H groups in total. The van der Waals surface area contributed by atoms with Gasteiger partial charge in [-0.2, -0.15) is 0 Å². The molecule has 0 aliphatic rings. The van der Waals surface area contributed by atoms with Gasteiger partial charge in [0.1, 0.15) is 5.82 Å². The van der Waals surface area contributed by atoms with Crippen LogP contribution in [0.15, 0.2) is 71.9 Å². The second-order valence-electron chi connectivity index (χ2n) is 5.56. The molecule has 26 heavy (non-hydrogen) atoms. The third-order valence-electron chi connectivity index (χ3n) is 3.76. The molecule has 1 aromatic heterocycles. The molecule has 0 bridgehead atoms. The molecular formula is C19H16BFN2O2S. The van der Waals surface area contributed by atoms with Crippen molar-refractivity contribution in [3.05, 3.63) is 83.8 Å². The Labute approximate surface area is 155 Å². The predicted molar refractivity (Wildman–Crippen MR) is 104 cm³/mol. The molecule has 1 amide bonds. The normalized spacial score (nSPS) is 10.4. The number of amides is 1. The number of rotatable bonds is 6. The first kappa shape index (κ1) is 18.2. The summed E-state index contributed by atoms with van der Waals surface area (Å²) in [5.74, 6) is 0.0327. The fourth-order valence-corrected chi connectivity index (χ4v) is 3.22. The molecule has 0 saturated carbocycles. The van der Waals surface area contributed by atoms with Crippen molar-refractivity contribution in [2.75, 3.05) is 5.32 Å². The minimum atomic E-state index is -0.353. The first-order valence-corrected chi connectivity index (χ1v) is 8.97. The highest BCUT2D eigenvalue weighted by Crippen LogP contribution is 2.20. The van der Waals surface area contributed by atoms with Crippen molar-refractivity contribution in [2.24, 2.45) is 0 Å². The van der Waals surface area contributed by atoms with E-state index in [0.29, 0.717) is 17.0 Å². The monoisotopic (exact) mass is 366 g/mol. The number of hydrogen-bond acceptors (Lipinski definition) is 4. The number of aromatic nitrogens is 1. The van der Waals surface area contributed by atoms with Gasteiger partial charge in [-0.15, -0.1) is 11.8 Å². The van der Waals surface area contributed by atoms with Crippen molar-refractivity contribution in [3.63, 3.8) is 0 Å². The van der Waals surface area contributed by atoms with Crippen LogP contribution in [0.4, 0.5) is 10.1 Å². The number of anilines is 1. The molecule has 0 aliphatic carbocycles. The van der Waals surface area contributed by atoms with Gasteiger partial charge in [-0.3, -0.25) is 4.79 Å². The third-order valence-corrected chi connectivity index (χ3v) is 4.76. The Hall–Kier alpha value is -2.64. The highest BCUT2D eigenvalue weighted by Gasteiger charge is 2.08. The summed E-state index contributed by atoms with van der Waals surface area (Å²) in [5, 5.41) is 12.8. The van der Waals surface area contributed by atoms with E-state index in [0.717, 1.165) is 16.1 Å². The fourth-order valence-electron chi connectivity index (χ4n) is 2.34. The van der Waals surface area contributed by atoms with Gasteiger partial charge >= 0.3 is 7.48 Å². The van der Waals surface area contributed by atoms with Crippen molar-refractivity contribution >= 4 is 36.3 Å². The van der Waals surface area contributed by atoms with Crippen LogP contribution in [0.3, 0.4) is 0 Å². The van der Waals surface area contributed by atoms with Crippen molar-refractivity contribution in [1.82, 2.24) is 4.98 Å². The summed E-state index contributed by atoms with van der Waals surface area (Å²) in [6, 6.07) is 16.8. The first-order chi connectivity index (χ1) is 12.7. The molecule has 0 aliphatic heterocycles. The van der Waals surface area contributed by atoms with Crippen LogP contribution in [0, 0.1) is 5.82 Å². The van der Waals surface area contributed by atoms with Crippen LogP contribution in [0.1, 0.15) is 15.9 Å². The van der Waals surface area contributed by atoms with Gasteiger partial charge in [-0.25, -0.2) is 9.37 Å². The summed E-state index contributed by atoms with van der Waals surface area (Å²) >= 11 is 1.53. The van der Waals surface area contributed by atoms with Crippen LogP contribution >= 0.6 is 11.8 Å². The Morgan fingerprint density at radius 1 is 1.12 bits per heavy atom. The van der Waals surface area contributed by atoms with E-state index >= 15 is 0 Å². The smallest absolute Gasteiger partial charge is 0.305 e. The summed E-state index contributed by atoms with van der Waals surface area (Å²) in [5.41, 5.74) is 2.90. The van der Waals surface area contributed by atoms with Gasteiger partial charge < -0.3 is 10.3 Å². The van der Waals surface area contributed by atoms with Crippen LogP contribution in [-0.4, -0.2) is 23.4 Å². The lowest BCUT2D eigenvalue weighted by Crippen LogP contribution is -2.17. The highest BCUT2D eigenvalue weighted by atomic mass is 32.2. The maximum absolute atomic E-state index is 12.9. The van der Waals surface area contributed by atoms with Crippen molar-refractivity contribution in [1.29, 1.82) is 0 Å². The van der Waals surface area contributed by atoms with Crippen LogP contribution in [0.5, 0.6) is 0 Å². The maximum atomic E-state index is 12.9. The molecule has 0 fully saturated rings. The lowest BCUT2D eigenvalue weighted by Gasteiger charge is -2.07. The van der Waals surface area contributed by atoms with Crippen LogP contribution in [0.2, 0.25) is 0 Å². The van der Waals surface area contributed by atoms with Gasteiger partial charge in [-0.1, -0.05) is 24.3 Å². The van der Waals surface area contributed by atoms with E-state index in [1.54, 1.807) is 12.1 Å². The van der Waals surface area contributed by atoms with E-state index in [9.17, 15) is 14.2 Å². The van der Waals surface area contributed by atoms with E-state index in [1.165, 1.54) is 42.2 Å². The number of pyridine rings is 1. The molecule has 0 radical (unpaired) electrons. The topological polar surface area (TPSA) is 62.2 Å². The predicted octanol–water partition coefficient (Wildman–Crippen LogP) is 2.73. The first-order valence-electron chi connectivity index (χ1n) is 7.99. The highest BCUT2D eigenvalue weighted by molar-refractivity contribution is 7.98. The average molecular weight is 366 g/mol. The van der Waals surface area contributed by atoms with Crippen LogP contribution in [0.25, 0.3) is 0 Å².